The third-order valence-corrected chi connectivity index (χ3v) is 8.27. The van der Waals surface area contributed by atoms with E-state index in [1.165, 1.54) is 103 Å². The number of carbonyl (C=O) groups is 3. The molecule has 0 radical (unpaired) electrons. The van der Waals surface area contributed by atoms with E-state index >= 15 is 0 Å². The molecule has 0 aromatic rings. The number of carboxylic acids is 1. The zero-order valence-corrected chi connectivity index (χ0v) is 29.9. The zero-order chi connectivity index (χ0) is 33.8. The van der Waals surface area contributed by atoms with Crippen LogP contribution in [0.4, 0.5) is 0 Å². The van der Waals surface area contributed by atoms with Crippen LogP contribution in [0.1, 0.15) is 187 Å². The van der Waals surface area contributed by atoms with Gasteiger partial charge < -0.3 is 15.2 Å². The second-order valence-corrected chi connectivity index (χ2v) is 12.8. The molecule has 0 saturated heterocycles. The second kappa shape index (κ2) is 35.5. The summed E-state index contributed by atoms with van der Waals surface area (Å²) in [5.41, 5.74) is 0. The van der Waals surface area contributed by atoms with E-state index in [-0.39, 0.29) is 24.5 Å². The maximum Gasteiger partial charge on any atom is 0.322 e. The highest BCUT2D eigenvalue weighted by atomic mass is 16.5. The molecule has 46 heavy (non-hydrogen) atoms. The number of amides is 1. The first-order chi connectivity index (χ1) is 22.5. The number of allylic oxidation sites excluding steroid dienone is 5. The molecule has 0 spiro atoms. The normalized spacial score (nSPS) is 12.4. The van der Waals surface area contributed by atoms with Crippen LogP contribution in [0.5, 0.6) is 0 Å². The Morgan fingerprint density at radius 1 is 0.587 bits per heavy atom. The van der Waals surface area contributed by atoms with Crippen LogP contribution in [0.25, 0.3) is 0 Å². The molecule has 1 atom stereocenters. The Kier molecular flexibility index (Phi) is 33.7. The molecule has 0 saturated carbocycles. The Morgan fingerprint density at radius 2 is 1.09 bits per heavy atom. The lowest BCUT2D eigenvalue weighted by Crippen LogP contribution is -2.28. The lowest BCUT2D eigenvalue weighted by Gasteiger charge is -2.14. The van der Waals surface area contributed by atoms with Gasteiger partial charge in [-0.05, 0) is 70.3 Å². The third kappa shape index (κ3) is 34.5. The first kappa shape index (κ1) is 43.6. The van der Waals surface area contributed by atoms with Crippen molar-refractivity contribution < 1.29 is 24.2 Å². The summed E-state index contributed by atoms with van der Waals surface area (Å²) in [7, 11) is 0. The fraction of sp³-hybridized carbons (Fsp3) is 0.775. The minimum Gasteiger partial charge on any atom is -0.480 e. The van der Waals surface area contributed by atoms with E-state index in [0.717, 1.165) is 57.8 Å². The maximum atomic E-state index is 12.6. The smallest absolute Gasteiger partial charge is 0.322 e. The molecule has 6 heteroatoms. The van der Waals surface area contributed by atoms with Crippen molar-refractivity contribution in [2.24, 2.45) is 0 Å². The third-order valence-electron chi connectivity index (χ3n) is 8.27. The van der Waals surface area contributed by atoms with Gasteiger partial charge in [-0.3, -0.25) is 14.4 Å². The summed E-state index contributed by atoms with van der Waals surface area (Å²) < 4.78 is 5.85. The molecule has 266 valence electrons. The van der Waals surface area contributed by atoms with Crippen LogP contribution in [-0.2, 0) is 19.1 Å². The largest absolute Gasteiger partial charge is 0.480 e. The number of carboxylic acid groups (broad SMARTS) is 1. The Bertz CT molecular complexity index is 803. The molecule has 0 aliphatic rings. The molecule has 1 unspecified atom stereocenters. The molecule has 0 fully saturated rings. The minimum absolute atomic E-state index is 0.105. The molecule has 6 nitrogen and oxygen atoms in total. The number of unbranched alkanes of at least 4 members (excludes halogenated alkanes) is 19. The van der Waals surface area contributed by atoms with E-state index in [1.807, 2.05) is 6.08 Å². The molecular formula is C40H71NO5. The van der Waals surface area contributed by atoms with Crippen molar-refractivity contribution in [1.29, 1.82) is 0 Å². The van der Waals surface area contributed by atoms with Crippen molar-refractivity contribution in [1.82, 2.24) is 5.32 Å². The minimum atomic E-state index is -1.03. The summed E-state index contributed by atoms with van der Waals surface area (Å²) in [5.74, 6) is -1.36. The molecule has 1 amide bonds. The van der Waals surface area contributed by atoms with E-state index in [1.54, 1.807) is 0 Å². The molecule has 0 bridgehead atoms. The number of esters is 1. The Balaban J connectivity index is 4.06. The van der Waals surface area contributed by atoms with Gasteiger partial charge in [0, 0.05) is 12.8 Å². The van der Waals surface area contributed by atoms with Gasteiger partial charge >= 0.3 is 11.9 Å². The number of hydrogen-bond acceptors (Lipinski definition) is 4. The lowest BCUT2D eigenvalue weighted by molar-refractivity contribution is -0.147. The predicted octanol–water partition coefficient (Wildman–Crippen LogP) is 11.3. The van der Waals surface area contributed by atoms with Crippen molar-refractivity contribution in [3.05, 3.63) is 36.5 Å². The van der Waals surface area contributed by atoms with Crippen molar-refractivity contribution >= 4 is 17.8 Å². The molecule has 0 rings (SSSR count). The van der Waals surface area contributed by atoms with Gasteiger partial charge in [-0.1, -0.05) is 141 Å². The lowest BCUT2D eigenvalue weighted by atomic mass is 10.1. The fourth-order valence-corrected chi connectivity index (χ4v) is 5.38. The number of carbonyl (C=O) groups excluding carboxylic acids is 2. The van der Waals surface area contributed by atoms with Crippen molar-refractivity contribution in [3.8, 4) is 0 Å². The summed E-state index contributed by atoms with van der Waals surface area (Å²) in [6, 6.07) is 0. The van der Waals surface area contributed by atoms with Crippen LogP contribution in [0.3, 0.4) is 0 Å². The Labute approximate surface area is 283 Å². The van der Waals surface area contributed by atoms with Crippen molar-refractivity contribution in [3.63, 3.8) is 0 Å². The molecular weight excluding hydrogens is 574 g/mol. The molecule has 0 aromatic carbocycles. The van der Waals surface area contributed by atoms with Gasteiger partial charge in [0.25, 0.3) is 0 Å². The van der Waals surface area contributed by atoms with Gasteiger partial charge in [0.1, 0.15) is 12.6 Å². The highest BCUT2D eigenvalue weighted by Crippen LogP contribution is 2.15. The van der Waals surface area contributed by atoms with Crippen LogP contribution in [0, 0.1) is 0 Å². The van der Waals surface area contributed by atoms with Gasteiger partial charge in [0.05, 0.1) is 0 Å². The number of nitrogens with one attached hydrogen (secondary N) is 1. The summed E-state index contributed by atoms with van der Waals surface area (Å²) in [6.45, 7) is 4.14. The van der Waals surface area contributed by atoms with Gasteiger partial charge in [-0.15, -0.1) is 0 Å². The first-order valence-electron chi connectivity index (χ1n) is 19.1. The van der Waals surface area contributed by atoms with Gasteiger partial charge in [-0.25, -0.2) is 0 Å². The second-order valence-electron chi connectivity index (χ2n) is 12.8. The quantitative estimate of drug-likeness (QED) is 0.0412. The van der Waals surface area contributed by atoms with Gasteiger partial charge in [0.15, 0.2) is 0 Å². The Morgan fingerprint density at radius 3 is 1.70 bits per heavy atom. The van der Waals surface area contributed by atoms with Crippen molar-refractivity contribution in [2.45, 2.75) is 193 Å². The topological polar surface area (TPSA) is 92.7 Å². The summed E-state index contributed by atoms with van der Waals surface area (Å²) >= 11 is 0. The average molecular weight is 646 g/mol. The van der Waals surface area contributed by atoms with Crippen LogP contribution >= 0.6 is 0 Å². The monoisotopic (exact) mass is 646 g/mol. The summed E-state index contributed by atoms with van der Waals surface area (Å²) in [5, 5.41) is 11.0. The van der Waals surface area contributed by atoms with E-state index < -0.39 is 5.97 Å². The van der Waals surface area contributed by atoms with Crippen LogP contribution in [0.2, 0.25) is 0 Å². The molecule has 0 aromatic heterocycles. The maximum absolute atomic E-state index is 12.6. The van der Waals surface area contributed by atoms with E-state index in [0.29, 0.717) is 12.8 Å². The van der Waals surface area contributed by atoms with Gasteiger partial charge in [0.2, 0.25) is 5.91 Å². The average Bonchev–Trinajstić information content (AvgIpc) is 3.04. The highest BCUT2D eigenvalue weighted by Gasteiger charge is 2.11. The van der Waals surface area contributed by atoms with Crippen LogP contribution in [0.15, 0.2) is 36.5 Å². The molecule has 2 N–H and O–H groups in total. The fourth-order valence-electron chi connectivity index (χ4n) is 5.38. The molecule has 0 heterocycles. The predicted molar refractivity (Wildman–Crippen MR) is 194 cm³/mol. The number of aliphatic carboxylic acids is 1. The molecule has 0 aliphatic heterocycles. The van der Waals surface area contributed by atoms with E-state index in [2.05, 4.69) is 49.5 Å². The zero-order valence-electron chi connectivity index (χ0n) is 29.9. The number of ether oxygens (including phenoxy) is 1. The van der Waals surface area contributed by atoms with E-state index in [9.17, 15) is 14.4 Å². The van der Waals surface area contributed by atoms with Gasteiger partial charge in [-0.2, -0.15) is 0 Å². The molecule has 0 aliphatic carbocycles. The van der Waals surface area contributed by atoms with Crippen LogP contribution < -0.4 is 5.32 Å². The summed E-state index contributed by atoms with van der Waals surface area (Å²) in [6.07, 6.45) is 42.9. The first-order valence-corrected chi connectivity index (χ1v) is 19.1. The number of rotatable bonds is 34. The summed E-state index contributed by atoms with van der Waals surface area (Å²) in [4.78, 5) is 34.8. The van der Waals surface area contributed by atoms with Crippen LogP contribution in [-0.4, -0.2) is 35.6 Å². The van der Waals surface area contributed by atoms with Crippen molar-refractivity contribution in [2.75, 3.05) is 6.54 Å². The number of hydrogen-bond donors (Lipinski definition) is 2. The van der Waals surface area contributed by atoms with E-state index in [4.69, 9.17) is 9.84 Å². The Hall–Kier alpha value is -2.37. The highest BCUT2D eigenvalue weighted by molar-refractivity contribution is 5.80. The SMILES string of the molecule is CCCC/C=C\C/C=C\C(CCCCCCC(=O)NCC(=O)O)OC(=O)CCCCCCCCC/C=C\CCCCCCCCC. The standard InChI is InChI=1S/C40H71NO5/c1-3-5-7-9-11-12-13-14-15-16-17-18-19-20-21-23-25-31-35-40(45)46-37(32-28-24-22-10-8-6-4-2)33-29-26-27-30-34-38(42)41-36-39(43)44/h10,15-16,22,28,32,37H,3-9,11-14,17-21,23-27,29-31,33-36H2,1-2H3,(H,41,42)(H,43,44)/b16-15-,22-10-,32-28-.